The lowest BCUT2D eigenvalue weighted by Crippen LogP contribution is -2.37. The number of benzene rings is 1. The summed E-state index contributed by atoms with van der Waals surface area (Å²) in [4.78, 5) is 11.6. The summed E-state index contributed by atoms with van der Waals surface area (Å²) in [6.07, 6.45) is -0.516. The summed E-state index contributed by atoms with van der Waals surface area (Å²) in [5, 5.41) is 11.9. The highest BCUT2D eigenvalue weighted by Gasteiger charge is 2.17. The lowest BCUT2D eigenvalue weighted by atomic mass is 10.1. The number of ether oxygens (including phenoxy) is 1. The molecule has 0 aliphatic heterocycles. The van der Waals surface area contributed by atoms with Crippen LogP contribution < -0.4 is 5.32 Å². The first kappa shape index (κ1) is 12.7. The fourth-order valence-electron chi connectivity index (χ4n) is 1.32. The second-order valence-electron chi connectivity index (χ2n) is 3.53. The summed E-state index contributed by atoms with van der Waals surface area (Å²) in [6.45, 7) is 1.53. The van der Waals surface area contributed by atoms with E-state index in [9.17, 15) is 9.90 Å². The number of amides is 1. The third kappa shape index (κ3) is 3.32. The van der Waals surface area contributed by atoms with Gasteiger partial charge in [0.25, 0.3) is 0 Å². The predicted octanol–water partition coefficient (Wildman–Crippen LogP) is 0.871. The molecule has 4 heteroatoms. The fourth-order valence-corrected chi connectivity index (χ4v) is 1.32. The van der Waals surface area contributed by atoms with Crippen LogP contribution in [0.15, 0.2) is 30.3 Å². The van der Waals surface area contributed by atoms with Gasteiger partial charge in [-0.1, -0.05) is 30.3 Å². The predicted molar refractivity (Wildman–Crippen MR) is 60.9 cm³/mol. The molecule has 2 N–H and O–H groups in total. The van der Waals surface area contributed by atoms with Crippen LogP contribution in [0.1, 0.15) is 18.5 Å². The third-order valence-corrected chi connectivity index (χ3v) is 2.42. The highest BCUT2D eigenvalue weighted by molar-refractivity contribution is 5.80. The lowest BCUT2D eigenvalue weighted by Gasteiger charge is -2.18. The van der Waals surface area contributed by atoms with Gasteiger partial charge in [0.15, 0.2) is 0 Å². The summed E-state index contributed by atoms with van der Waals surface area (Å²) >= 11 is 0. The van der Waals surface area contributed by atoms with Crippen LogP contribution in [-0.2, 0) is 9.53 Å². The second-order valence-corrected chi connectivity index (χ2v) is 3.53. The fraction of sp³-hybridized carbons (Fsp3) is 0.417. The van der Waals surface area contributed by atoms with Gasteiger partial charge in [-0.2, -0.15) is 0 Å². The van der Waals surface area contributed by atoms with Crippen molar-refractivity contribution in [2.45, 2.75) is 19.1 Å². The van der Waals surface area contributed by atoms with Crippen molar-refractivity contribution in [1.82, 2.24) is 5.32 Å². The Bertz CT molecular complexity index is 326. The summed E-state index contributed by atoms with van der Waals surface area (Å²) < 4.78 is 4.90. The number of carbonyl (C=O) groups excluding carboxylic acids is 1. The molecule has 16 heavy (non-hydrogen) atoms. The molecule has 2 atom stereocenters. The number of rotatable bonds is 5. The van der Waals surface area contributed by atoms with Crippen molar-refractivity contribution < 1.29 is 14.6 Å². The average molecular weight is 223 g/mol. The number of aliphatic hydroxyl groups is 1. The van der Waals surface area contributed by atoms with Crippen LogP contribution in [0.4, 0.5) is 0 Å². The van der Waals surface area contributed by atoms with Gasteiger partial charge in [0, 0.05) is 7.11 Å². The topological polar surface area (TPSA) is 58.6 Å². The van der Waals surface area contributed by atoms with Crippen LogP contribution in [0.25, 0.3) is 0 Å². The van der Waals surface area contributed by atoms with Gasteiger partial charge < -0.3 is 15.2 Å². The molecule has 0 aliphatic rings. The second kappa shape index (κ2) is 6.25. The molecular weight excluding hydrogens is 206 g/mol. The van der Waals surface area contributed by atoms with E-state index in [1.807, 2.05) is 30.3 Å². The molecule has 0 saturated heterocycles. The highest BCUT2D eigenvalue weighted by atomic mass is 16.5. The SMILES string of the molecule is COC(C)C(=O)NC(CO)c1ccccc1. The van der Waals surface area contributed by atoms with E-state index in [2.05, 4.69) is 5.32 Å². The Balaban J connectivity index is 2.66. The molecule has 1 rings (SSSR count). The maximum absolute atomic E-state index is 11.6. The van der Waals surface area contributed by atoms with Crippen molar-refractivity contribution in [2.24, 2.45) is 0 Å². The highest BCUT2D eigenvalue weighted by Crippen LogP contribution is 2.11. The van der Waals surface area contributed by atoms with Crippen LogP contribution in [0.5, 0.6) is 0 Å². The van der Waals surface area contributed by atoms with Gasteiger partial charge in [0.1, 0.15) is 6.10 Å². The van der Waals surface area contributed by atoms with Crippen molar-refractivity contribution >= 4 is 5.91 Å². The zero-order valence-corrected chi connectivity index (χ0v) is 9.51. The monoisotopic (exact) mass is 223 g/mol. The number of hydrogen-bond donors (Lipinski definition) is 2. The van der Waals surface area contributed by atoms with Crippen LogP contribution in [0, 0.1) is 0 Å². The molecular formula is C12H17NO3. The van der Waals surface area contributed by atoms with E-state index < -0.39 is 6.10 Å². The van der Waals surface area contributed by atoms with Gasteiger partial charge in [0.05, 0.1) is 12.6 Å². The quantitative estimate of drug-likeness (QED) is 0.778. The molecule has 2 unspecified atom stereocenters. The molecule has 0 aliphatic carbocycles. The number of hydrogen-bond acceptors (Lipinski definition) is 3. The summed E-state index contributed by atoms with van der Waals surface area (Å²) in [7, 11) is 1.47. The van der Waals surface area contributed by atoms with E-state index in [0.717, 1.165) is 5.56 Å². The number of carbonyl (C=O) groups is 1. The van der Waals surface area contributed by atoms with E-state index in [1.54, 1.807) is 6.92 Å². The Morgan fingerprint density at radius 3 is 2.56 bits per heavy atom. The minimum atomic E-state index is -0.516. The molecule has 0 spiro atoms. The van der Waals surface area contributed by atoms with Crippen LogP contribution in [0.3, 0.4) is 0 Å². The molecule has 0 heterocycles. The Kier molecular flexibility index (Phi) is 4.95. The van der Waals surface area contributed by atoms with Crippen molar-refractivity contribution in [1.29, 1.82) is 0 Å². The largest absolute Gasteiger partial charge is 0.394 e. The van der Waals surface area contributed by atoms with Gasteiger partial charge in [0.2, 0.25) is 5.91 Å². The maximum atomic E-state index is 11.6. The van der Waals surface area contributed by atoms with Gasteiger partial charge in [-0.15, -0.1) is 0 Å². The summed E-state index contributed by atoms with van der Waals surface area (Å²) in [5.74, 6) is -0.231. The van der Waals surface area contributed by atoms with Crippen LogP contribution in [-0.4, -0.2) is 30.8 Å². The maximum Gasteiger partial charge on any atom is 0.249 e. The van der Waals surface area contributed by atoms with Crippen LogP contribution in [0.2, 0.25) is 0 Å². The Labute approximate surface area is 95.2 Å². The molecule has 1 aromatic rings. The Hall–Kier alpha value is -1.39. The standard InChI is InChI=1S/C12H17NO3/c1-9(16-2)12(15)13-11(8-14)10-6-4-3-5-7-10/h3-7,9,11,14H,8H2,1-2H3,(H,13,15). The van der Waals surface area contributed by atoms with Crippen molar-refractivity contribution in [3.63, 3.8) is 0 Å². The third-order valence-electron chi connectivity index (χ3n) is 2.42. The van der Waals surface area contributed by atoms with Crippen molar-refractivity contribution in [2.75, 3.05) is 13.7 Å². The first-order chi connectivity index (χ1) is 7.69. The van der Waals surface area contributed by atoms with E-state index in [1.165, 1.54) is 7.11 Å². The Morgan fingerprint density at radius 1 is 1.44 bits per heavy atom. The molecule has 0 aromatic heterocycles. The normalized spacial score (nSPS) is 14.2. The number of methoxy groups -OCH3 is 1. The Morgan fingerprint density at radius 2 is 2.06 bits per heavy atom. The van der Waals surface area contributed by atoms with Gasteiger partial charge >= 0.3 is 0 Å². The molecule has 1 amide bonds. The van der Waals surface area contributed by atoms with E-state index >= 15 is 0 Å². The zero-order chi connectivity index (χ0) is 12.0. The van der Waals surface area contributed by atoms with Crippen molar-refractivity contribution in [3.05, 3.63) is 35.9 Å². The van der Waals surface area contributed by atoms with Gasteiger partial charge in [-0.25, -0.2) is 0 Å². The number of nitrogens with one attached hydrogen (secondary N) is 1. The first-order valence-corrected chi connectivity index (χ1v) is 5.18. The van der Waals surface area contributed by atoms with E-state index in [-0.39, 0.29) is 18.6 Å². The molecule has 88 valence electrons. The van der Waals surface area contributed by atoms with E-state index in [4.69, 9.17) is 4.74 Å². The molecule has 0 saturated carbocycles. The molecule has 0 bridgehead atoms. The summed E-state index contributed by atoms with van der Waals surface area (Å²) in [6, 6.07) is 8.95. The van der Waals surface area contributed by atoms with Gasteiger partial charge in [-0.05, 0) is 12.5 Å². The summed E-state index contributed by atoms with van der Waals surface area (Å²) in [5.41, 5.74) is 0.877. The smallest absolute Gasteiger partial charge is 0.249 e. The van der Waals surface area contributed by atoms with E-state index in [0.29, 0.717) is 0 Å². The van der Waals surface area contributed by atoms with Gasteiger partial charge in [-0.3, -0.25) is 4.79 Å². The minimum absolute atomic E-state index is 0.133. The molecule has 0 fully saturated rings. The lowest BCUT2D eigenvalue weighted by molar-refractivity contribution is -0.131. The number of aliphatic hydroxyl groups excluding tert-OH is 1. The van der Waals surface area contributed by atoms with Crippen molar-refractivity contribution in [3.8, 4) is 0 Å². The minimum Gasteiger partial charge on any atom is -0.394 e. The zero-order valence-electron chi connectivity index (χ0n) is 9.51. The molecule has 4 nitrogen and oxygen atoms in total. The first-order valence-electron chi connectivity index (χ1n) is 5.18. The molecule has 1 aromatic carbocycles. The average Bonchev–Trinajstić information content (AvgIpc) is 2.35. The van der Waals surface area contributed by atoms with Crippen LogP contribution >= 0.6 is 0 Å². The molecule has 0 radical (unpaired) electrons.